The molecule has 1 rings (SSSR count). The Morgan fingerprint density at radius 3 is 2.78 bits per heavy atom. The van der Waals surface area contributed by atoms with E-state index in [0.29, 0.717) is 0 Å². The molecule has 0 aliphatic rings. The lowest BCUT2D eigenvalue weighted by Gasteiger charge is -2.30. The Morgan fingerprint density at radius 1 is 1.44 bits per heavy atom. The molecule has 0 fully saturated rings. The normalized spacial score (nSPS) is 14.4. The van der Waals surface area contributed by atoms with Crippen LogP contribution in [0.4, 0.5) is 0 Å². The summed E-state index contributed by atoms with van der Waals surface area (Å²) in [6, 6.07) is 8.37. The molecule has 0 aromatic heterocycles. The van der Waals surface area contributed by atoms with E-state index in [-0.39, 0.29) is 12.1 Å². The maximum Gasteiger partial charge on any atom is 0.0613 e. The van der Waals surface area contributed by atoms with E-state index in [0.717, 1.165) is 29.5 Å². The monoisotopic (exact) mass is 331 g/mol. The minimum atomic E-state index is -0.0994. The van der Waals surface area contributed by atoms with Gasteiger partial charge < -0.3 is 10.4 Å². The van der Waals surface area contributed by atoms with Gasteiger partial charge >= 0.3 is 0 Å². The van der Waals surface area contributed by atoms with Gasteiger partial charge in [0.15, 0.2) is 0 Å². The molecule has 0 aliphatic carbocycles. The number of hydrogen-bond acceptors (Lipinski definition) is 3. The van der Waals surface area contributed by atoms with Crippen molar-refractivity contribution in [3.8, 4) is 0 Å². The van der Waals surface area contributed by atoms with Crippen LogP contribution >= 0.6 is 27.7 Å². The van der Waals surface area contributed by atoms with Crippen molar-refractivity contribution >= 4 is 27.7 Å². The quantitative estimate of drug-likeness (QED) is 0.563. The minimum Gasteiger partial charge on any atom is -0.394 e. The lowest BCUT2D eigenvalue weighted by Crippen LogP contribution is -2.45. The first-order valence-electron chi connectivity index (χ1n) is 6.34. The topological polar surface area (TPSA) is 32.3 Å². The van der Waals surface area contributed by atoms with Gasteiger partial charge in [0.2, 0.25) is 0 Å². The molecule has 0 bridgehead atoms. The summed E-state index contributed by atoms with van der Waals surface area (Å²) >= 11 is 5.35. The molecule has 0 heterocycles. The van der Waals surface area contributed by atoms with Crippen LogP contribution in [0, 0.1) is 0 Å². The van der Waals surface area contributed by atoms with Crippen molar-refractivity contribution in [2.75, 3.05) is 19.4 Å². The van der Waals surface area contributed by atoms with Gasteiger partial charge in [-0.3, -0.25) is 0 Å². The van der Waals surface area contributed by atoms with Crippen molar-refractivity contribution in [3.63, 3.8) is 0 Å². The molecule has 102 valence electrons. The largest absolute Gasteiger partial charge is 0.394 e. The average molecular weight is 332 g/mol. The second-order valence-electron chi connectivity index (χ2n) is 4.45. The summed E-state index contributed by atoms with van der Waals surface area (Å²) in [6.45, 7) is 2.33. The highest BCUT2D eigenvalue weighted by atomic mass is 79.9. The lowest BCUT2D eigenvalue weighted by atomic mass is 9.92. The number of thioether (sulfide) groups is 1. The Balaban J connectivity index is 2.34. The zero-order valence-electron chi connectivity index (χ0n) is 11.1. The van der Waals surface area contributed by atoms with Gasteiger partial charge in [-0.15, -0.1) is 11.8 Å². The van der Waals surface area contributed by atoms with Crippen LogP contribution in [0.5, 0.6) is 0 Å². The lowest BCUT2D eigenvalue weighted by molar-refractivity contribution is 0.154. The highest BCUT2D eigenvalue weighted by molar-refractivity contribution is 9.10. The molecule has 2 nitrogen and oxygen atoms in total. The minimum absolute atomic E-state index is 0.0994. The second-order valence-corrected chi connectivity index (χ2v) is 6.54. The maximum atomic E-state index is 9.45. The Bertz CT molecular complexity index is 347. The molecular weight excluding hydrogens is 310 g/mol. The van der Waals surface area contributed by atoms with Gasteiger partial charge in [0.1, 0.15) is 0 Å². The first-order valence-corrected chi connectivity index (χ1v) is 8.12. The van der Waals surface area contributed by atoms with E-state index in [1.165, 1.54) is 4.90 Å². The van der Waals surface area contributed by atoms with Crippen LogP contribution in [-0.2, 0) is 0 Å². The number of benzene rings is 1. The van der Waals surface area contributed by atoms with E-state index in [1.54, 1.807) is 0 Å². The fourth-order valence-electron chi connectivity index (χ4n) is 1.91. The number of halogens is 1. The number of nitrogens with one attached hydrogen (secondary N) is 1. The SMILES string of the molecule is CCC(CO)(CCCSc1cccc(Br)c1)NC. The molecule has 1 aromatic rings. The Hall–Kier alpha value is -0.0300. The van der Waals surface area contributed by atoms with Crippen LogP contribution in [0.15, 0.2) is 33.6 Å². The van der Waals surface area contributed by atoms with Crippen LogP contribution in [0.1, 0.15) is 26.2 Å². The zero-order chi connectivity index (χ0) is 13.4. The number of aliphatic hydroxyl groups is 1. The van der Waals surface area contributed by atoms with E-state index >= 15 is 0 Å². The molecule has 2 N–H and O–H groups in total. The van der Waals surface area contributed by atoms with Crippen molar-refractivity contribution in [1.82, 2.24) is 5.32 Å². The van der Waals surface area contributed by atoms with Crippen LogP contribution in [0.25, 0.3) is 0 Å². The fourth-order valence-corrected chi connectivity index (χ4v) is 3.37. The summed E-state index contributed by atoms with van der Waals surface area (Å²) in [7, 11) is 1.93. The van der Waals surface area contributed by atoms with Gasteiger partial charge in [0.05, 0.1) is 6.61 Å². The fraction of sp³-hybridized carbons (Fsp3) is 0.571. The molecule has 0 saturated carbocycles. The van der Waals surface area contributed by atoms with Crippen LogP contribution in [-0.4, -0.2) is 30.1 Å². The third kappa shape index (κ3) is 4.92. The Kier molecular flexibility index (Phi) is 7.30. The molecule has 4 heteroatoms. The number of hydrogen-bond donors (Lipinski definition) is 2. The predicted octanol–water partition coefficient (Wildman–Crippen LogP) is 3.68. The van der Waals surface area contributed by atoms with E-state index in [4.69, 9.17) is 0 Å². The molecule has 0 spiro atoms. The Morgan fingerprint density at radius 2 is 2.22 bits per heavy atom. The van der Waals surface area contributed by atoms with Gasteiger partial charge in [-0.05, 0) is 50.3 Å². The third-order valence-corrected chi connectivity index (χ3v) is 4.95. The van der Waals surface area contributed by atoms with E-state index in [1.807, 2.05) is 24.9 Å². The van der Waals surface area contributed by atoms with Crippen molar-refractivity contribution < 1.29 is 5.11 Å². The van der Waals surface area contributed by atoms with Crippen LogP contribution < -0.4 is 5.32 Å². The van der Waals surface area contributed by atoms with Crippen molar-refractivity contribution in [1.29, 1.82) is 0 Å². The smallest absolute Gasteiger partial charge is 0.0613 e. The van der Waals surface area contributed by atoms with Crippen LogP contribution in [0.3, 0.4) is 0 Å². The maximum absolute atomic E-state index is 9.45. The summed E-state index contributed by atoms with van der Waals surface area (Å²) in [5.74, 6) is 1.08. The highest BCUT2D eigenvalue weighted by Gasteiger charge is 2.23. The van der Waals surface area contributed by atoms with Crippen molar-refractivity contribution in [2.24, 2.45) is 0 Å². The first-order chi connectivity index (χ1) is 8.65. The number of likely N-dealkylation sites (N-methyl/N-ethyl adjacent to an activating group) is 1. The number of aliphatic hydroxyl groups excluding tert-OH is 1. The van der Waals surface area contributed by atoms with Crippen molar-refractivity contribution in [2.45, 2.75) is 36.6 Å². The molecular formula is C14H22BrNOS. The standard InChI is InChI=1S/C14H22BrNOS/c1-3-14(11-17,16-2)8-5-9-18-13-7-4-6-12(15)10-13/h4,6-7,10,16-17H,3,5,8-9,11H2,1-2H3. The molecule has 18 heavy (non-hydrogen) atoms. The molecule has 0 saturated heterocycles. The predicted molar refractivity (Wildman–Crippen MR) is 83.3 cm³/mol. The summed E-state index contributed by atoms with van der Waals surface area (Å²) in [5.41, 5.74) is -0.0994. The van der Waals surface area contributed by atoms with Crippen molar-refractivity contribution in [3.05, 3.63) is 28.7 Å². The molecule has 0 amide bonds. The average Bonchev–Trinajstić information content (AvgIpc) is 2.40. The molecule has 0 radical (unpaired) electrons. The van der Waals surface area contributed by atoms with Gasteiger partial charge in [-0.1, -0.05) is 28.9 Å². The van der Waals surface area contributed by atoms with E-state index in [9.17, 15) is 5.11 Å². The molecule has 1 unspecified atom stereocenters. The van der Waals surface area contributed by atoms with Crippen LogP contribution in [0.2, 0.25) is 0 Å². The molecule has 1 atom stereocenters. The van der Waals surface area contributed by atoms with Gasteiger partial charge in [0.25, 0.3) is 0 Å². The van der Waals surface area contributed by atoms with Gasteiger partial charge in [-0.2, -0.15) is 0 Å². The first kappa shape index (κ1) is 16.0. The summed E-state index contributed by atoms with van der Waals surface area (Å²) in [5, 5.41) is 12.7. The summed E-state index contributed by atoms with van der Waals surface area (Å²) in [4.78, 5) is 1.29. The summed E-state index contributed by atoms with van der Waals surface area (Å²) in [6.07, 6.45) is 3.07. The van der Waals surface area contributed by atoms with E-state index < -0.39 is 0 Å². The van der Waals surface area contributed by atoms with Gasteiger partial charge in [-0.25, -0.2) is 0 Å². The third-order valence-electron chi connectivity index (χ3n) is 3.37. The van der Waals surface area contributed by atoms with E-state index in [2.05, 4.69) is 46.4 Å². The Labute approximate surface area is 123 Å². The highest BCUT2D eigenvalue weighted by Crippen LogP contribution is 2.24. The number of rotatable bonds is 8. The summed E-state index contributed by atoms with van der Waals surface area (Å²) < 4.78 is 1.13. The molecule has 0 aliphatic heterocycles. The van der Waals surface area contributed by atoms with Gasteiger partial charge in [0, 0.05) is 14.9 Å². The second kappa shape index (κ2) is 8.20. The molecule has 1 aromatic carbocycles. The zero-order valence-corrected chi connectivity index (χ0v) is 13.5.